The van der Waals surface area contributed by atoms with Crippen LogP contribution >= 0.6 is 11.3 Å². The fourth-order valence-electron chi connectivity index (χ4n) is 7.73. The van der Waals surface area contributed by atoms with Gasteiger partial charge in [-0.15, -0.1) is 11.3 Å². The van der Waals surface area contributed by atoms with E-state index in [0.717, 1.165) is 66.8 Å². The molecule has 0 saturated carbocycles. The lowest BCUT2D eigenvalue weighted by Crippen LogP contribution is -2.10. The van der Waals surface area contributed by atoms with E-state index in [9.17, 15) is 0 Å². The Balaban J connectivity index is 1.00. The summed E-state index contributed by atoms with van der Waals surface area (Å²) in [5.41, 5.74) is 12.0. The highest BCUT2D eigenvalue weighted by Crippen LogP contribution is 2.43. The van der Waals surface area contributed by atoms with Gasteiger partial charge in [0.2, 0.25) is 5.89 Å². The van der Waals surface area contributed by atoms with Gasteiger partial charge >= 0.3 is 0 Å². The number of furan rings is 1. The van der Waals surface area contributed by atoms with Crippen LogP contribution < -0.4 is 4.90 Å². The van der Waals surface area contributed by atoms with Gasteiger partial charge in [0.25, 0.3) is 0 Å². The third-order valence-electron chi connectivity index (χ3n) is 10.3. The molecule has 54 heavy (non-hydrogen) atoms. The van der Waals surface area contributed by atoms with Crippen molar-refractivity contribution in [2.75, 3.05) is 4.90 Å². The zero-order valence-corrected chi connectivity index (χ0v) is 29.8. The van der Waals surface area contributed by atoms with Crippen LogP contribution in [0.3, 0.4) is 0 Å². The first-order valence-corrected chi connectivity index (χ1v) is 18.8. The number of oxazole rings is 1. The molecule has 0 radical (unpaired) electrons. The van der Waals surface area contributed by atoms with Gasteiger partial charge in [-0.1, -0.05) is 97.1 Å². The first-order chi connectivity index (χ1) is 26.7. The molecule has 0 fully saturated rings. The number of hydrogen-bond acceptors (Lipinski definition) is 5. The molecule has 3 aromatic heterocycles. The smallest absolute Gasteiger partial charge is 0.228 e. The summed E-state index contributed by atoms with van der Waals surface area (Å²) in [6.45, 7) is 0. The lowest BCUT2D eigenvalue weighted by molar-refractivity contribution is 0.620. The molecular weight excluding hydrogens is 681 g/mol. The van der Waals surface area contributed by atoms with Crippen LogP contribution in [0.2, 0.25) is 0 Å². The second-order valence-corrected chi connectivity index (χ2v) is 14.6. The van der Waals surface area contributed by atoms with Gasteiger partial charge in [-0.05, 0) is 107 Å². The molecule has 8 aromatic carbocycles. The minimum Gasteiger partial charge on any atom is -0.456 e. The average Bonchev–Trinajstić information content (AvgIpc) is 3.95. The van der Waals surface area contributed by atoms with Gasteiger partial charge in [0.05, 0.1) is 0 Å². The minimum atomic E-state index is 0.592. The van der Waals surface area contributed by atoms with Gasteiger partial charge in [0.15, 0.2) is 5.58 Å². The lowest BCUT2D eigenvalue weighted by atomic mass is 10.0. The highest BCUT2D eigenvalue weighted by molar-refractivity contribution is 7.25. The molecule has 0 spiro atoms. The van der Waals surface area contributed by atoms with Crippen molar-refractivity contribution in [2.45, 2.75) is 0 Å². The molecule has 3 heterocycles. The van der Waals surface area contributed by atoms with Gasteiger partial charge in [-0.2, -0.15) is 0 Å². The Morgan fingerprint density at radius 2 is 1.09 bits per heavy atom. The van der Waals surface area contributed by atoms with E-state index in [4.69, 9.17) is 13.8 Å². The number of benzene rings is 8. The molecule has 11 rings (SSSR count). The van der Waals surface area contributed by atoms with E-state index in [1.54, 1.807) is 0 Å². The first-order valence-electron chi connectivity index (χ1n) is 18.0. The first kappa shape index (κ1) is 30.7. The van der Waals surface area contributed by atoms with Crippen LogP contribution in [0, 0.1) is 0 Å². The van der Waals surface area contributed by atoms with Crippen molar-refractivity contribution in [3.8, 4) is 33.7 Å². The summed E-state index contributed by atoms with van der Waals surface area (Å²) in [7, 11) is 0. The Hall–Kier alpha value is -6.95. The Bertz CT molecular complexity index is 3140. The van der Waals surface area contributed by atoms with Crippen molar-refractivity contribution >= 4 is 81.6 Å². The Morgan fingerprint density at radius 1 is 0.407 bits per heavy atom. The van der Waals surface area contributed by atoms with Crippen LogP contribution in [-0.4, -0.2) is 4.98 Å². The number of nitrogens with zero attached hydrogens (tertiary/aromatic N) is 2. The molecule has 0 bridgehead atoms. The maximum Gasteiger partial charge on any atom is 0.228 e. The van der Waals surface area contributed by atoms with Gasteiger partial charge in [-0.3, -0.25) is 0 Å². The van der Waals surface area contributed by atoms with E-state index in [2.05, 4.69) is 150 Å². The number of thiophene rings is 1. The number of hydrogen-bond donors (Lipinski definition) is 0. The molecule has 0 aliphatic carbocycles. The number of anilines is 3. The maximum absolute atomic E-state index is 6.46. The molecule has 0 atom stereocenters. The average molecular weight is 711 g/mol. The predicted molar refractivity (Wildman–Crippen MR) is 225 cm³/mol. The summed E-state index contributed by atoms with van der Waals surface area (Å²) in [6.07, 6.45) is 0. The molecule has 0 saturated heterocycles. The summed E-state index contributed by atoms with van der Waals surface area (Å²) >= 11 is 1.84. The zero-order valence-electron chi connectivity index (χ0n) is 28.9. The molecule has 0 N–H and O–H groups in total. The van der Waals surface area contributed by atoms with Crippen LogP contribution in [0.5, 0.6) is 0 Å². The van der Waals surface area contributed by atoms with E-state index in [1.807, 2.05) is 47.7 Å². The molecule has 4 nitrogen and oxygen atoms in total. The fraction of sp³-hybridized carbons (Fsp3) is 0. The van der Waals surface area contributed by atoms with Crippen molar-refractivity contribution in [1.82, 2.24) is 4.98 Å². The SMILES string of the molecule is c1ccc(-c2cccc(N(c3ccc(-c4ccc5c(c4)oc4cccc(-c6nc7ccccc7o6)c45)cc3)c3ccc4sc5ccccc5c4c3)c2)cc1. The highest BCUT2D eigenvalue weighted by atomic mass is 32.1. The summed E-state index contributed by atoms with van der Waals surface area (Å²) < 4.78 is 15.2. The molecule has 254 valence electrons. The van der Waals surface area contributed by atoms with Crippen LogP contribution in [0.1, 0.15) is 0 Å². The molecule has 5 heteroatoms. The third-order valence-corrected chi connectivity index (χ3v) is 11.5. The quantitative estimate of drug-likeness (QED) is 0.172. The van der Waals surface area contributed by atoms with E-state index >= 15 is 0 Å². The van der Waals surface area contributed by atoms with E-state index in [1.165, 1.54) is 31.3 Å². The summed E-state index contributed by atoms with van der Waals surface area (Å²) in [6, 6.07) is 64.1. The van der Waals surface area contributed by atoms with Crippen molar-refractivity contribution in [1.29, 1.82) is 0 Å². The fourth-order valence-corrected chi connectivity index (χ4v) is 8.82. The molecule has 0 aliphatic rings. The molecule has 11 aromatic rings. The lowest BCUT2D eigenvalue weighted by Gasteiger charge is -2.26. The van der Waals surface area contributed by atoms with E-state index in [-0.39, 0.29) is 0 Å². The molecular formula is C49H30N2O2S. The largest absolute Gasteiger partial charge is 0.456 e. The summed E-state index contributed by atoms with van der Waals surface area (Å²) in [5, 5.41) is 4.59. The van der Waals surface area contributed by atoms with Crippen LogP contribution in [0.4, 0.5) is 17.1 Å². The number of rotatable bonds is 6. The molecule has 0 aliphatic heterocycles. The van der Waals surface area contributed by atoms with Gasteiger partial charge in [-0.25, -0.2) is 4.98 Å². The van der Waals surface area contributed by atoms with Crippen molar-refractivity contribution in [2.24, 2.45) is 0 Å². The topological polar surface area (TPSA) is 42.4 Å². The van der Waals surface area contributed by atoms with Crippen LogP contribution in [0.15, 0.2) is 191 Å². The Labute approximate surface area is 314 Å². The number of fused-ring (bicyclic) bond motifs is 7. The van der Waals surface area contributed by atoms with Crippen LogP contribution in [0.25, 0.3) is 86.9 Å². The number of para-hydroxylation sites is 2. The van der Waals surface area contributed by atoms with Gasteiger partial charge in [0, 0.05) is 53.6 Å². The minimum absolute atomic E-state index is 0.592. The molecule has 0 unspecified atom stereocenters. The van der Waals surface area contributed by atoms with E-state index in [0.29, 0.717) is 5.89 Å². The van der Waals surface area contributed by atoms with Crippen molar-refractivity contribution < 1.29 is 8.83 Å². The van der Waals surface area contributed by atoms with Crippen molar-refractivity contribution in [3.05, 3.63) is 182 Å². The third kappa shape index (κ3) is 5.09. The second-order valence-electron chi connectivity index (χ2n) is 13.6. The number of aromatic nitrogens is 1. The maximum atomic E-state index is 6.46. The zero-order chi connectivity index (χ0) is 35.6. The van der Waals surface area contributed by atoms with E-state index < -0.39 is 0 Å². The van der Waals surface area contributed by atoms with Gasteiger partial charge < -0.3 is 13.7 Å². The second kappa shape index (κ2) is 12.3. The van der Waals surface area contributed by atoms with Crippen LogP contribution in [-0.2, 0) is 0 Å². The monoisotopic (exact) mass is 710 g/mol. The highest BCUT2D eigenvalue weighted by Gasteiger charge is 2.19. The van der Waals surface area contributed by atoms with Gasteiger partial charge in [0.1, 0.15) is 16.7 Å². The Morgan fingerprint density at radius 3 is 2.00 bits per heavy atom. The summed E-state index contributed by atoms with van der Waals surface area (Å²) in [5.74, 6) is 0.592. The molecule has 0 amide bonds. The van der Waals surface area contributed by atoms with Crippen molar-refractivity contribution in [3.63, 3.8) is 0 Å². The predicted octanol–water partition coefficient (Wildman–Crippen LogP) is 14.6. The standard InChI is InChI=1S/C49H30N2O2S/c1-2-10-31(11-3-1)33-12-8-13-36(28-33)51(37-25-27-47-41(30-37)38-14-4-7-19-46(38)54-47)35-23-20-32(21-24-35)34-22-26-39-45(29-34)52-44-18-9-15-40(48(39)44)49-50-42-16-5-6-17-43(42)53-49/h1-30H. The normalized spacial score (nSPS) is 11.7. The Kier molecular flexibility index (Phi) is 7.00. The summed E-state index contributed by atoms with van der Waals surface area (Å²) in [4.78, 5) is 7.14.